The van der Waals surface area contributed by atoms with E-state index in [0.29, 0.717) is 34.3 Å². The summed E-state index contributed by atoms with van der Waals surface area (Å²) in [4.78, 5) is 22.7. The van der Waals surface area contributed by atoms with Gasteiger partial charge in [0.05, 0.1) is 53.4 Å². The average Bonchev–Trinajstić information content (AvgIpc) is 3.73. The molecule has 7 nitrogen and oxygen atoms in total. The van der Waals surface area contributed by atoms with Crippen molar-refractivity contribution in [3.05, 3.63) is 126 Å². The van der Waals surface area contributed by atoms with E-state index in [1.807, 2.05) is 72.1 Å². The molecule has 260 valence electrons. The predicted octanol–water partition coefficient (Wildman–Crippen LogP) is 11.9. The molecule has 0 spiro atoms. The first-order valence-electron chi connectivity index (χ1n) is 19.0. The van der Waals surface area contributed by atoms with E-state index in [9.17, 15) is 0 Å². The second-order valence-electron chi connectivity index (χ2n) is 14.9. The van der Waals surface area contributed by atoms with E-state index in [-0.39, 0.29) is 0 Å². The fraction of sp³-hybridized carbons (Fsp3) is 0.267. The van der Waals surface area contributed by atoms with E-state index in [1.165, 1.54) is 64.2 Å². The van der Waals surface area contributed by atoms with Crippen molar-refractivity contribution in [3.8, 4) is 22.5 Å². The van der Waals surface area contributed by atoms with Crippen LogP contribution in [0.4, 0.5) is 10.1 Å². The molecule has 0 atom stereocenters. The standard InChI is InChI=1S/C45H38FN7/c1-47-41-21-31(53-43-25-49-19-17-35(43)37-23-40(51-27-45(37)53)29-10-6-3-7-11-29)13-15-33(41)32-14-12-30(20-38(32)46)52-42-24-48-18-16-34(42)36-22-39(50-26-44(36)52)28-8-4-2-5-9-28/h12-29H,2-11H2. The zero-order valence-electron chi connectivity index (χ0n) is 29.5. The third-order valence-corrected chi connectivity index (χ3v) is 11.9. The van der Waals surface area contributed by atoms with Gasteiger partial charge in [-0.25, -0.2) is 9.24 Å². The number of hydrogen-bond donors (Lipinski definition) is 0. The van der Waals surface area contributed by atoms with E-state index in [4.69, 9.17) is 16.5 Å². The van der Waals surface area contributed by atoms with Crippen molar-refractivity contribution in [1.29, 1.82) is 0 Å². The van der Waals surface area contributed by atoms with Crippen LogP contribution in [0.2, 0.25) is 0 Å². The molecule has 0 amide bonds. The summed E-state index contributed by atoms with van der Waals surface area (Å²) in [6, 6.07) is 19.5. The maximum absolute atomic E-state index is 16.4. The number of pyridine rings is 4. The maximum Gasteiger partial charge on any atom is 0.197 e. The van der Waals surface area contributed by atoms with Crippen LogP contribution in [0.3, 0.4) is 0 Å². The molecule has 53 heavy (non-hydrogen) atoms. The van der Waals surface area contributed by atoms with Gasteiger partial charge in [-0.15, -0.1) is 0 Å². The Labute approximate surface area is 307 Å². The molecule has 8 aromatic rings. The van der Waals surface area contributed by atoms with Gasteiger partial charge in [0.15, 0.2) is 5.69 Å². The van der Waals surface area contributed by atoms with Gasteiger partial charge in [-0.2, -0.15) is 0 Å². The van der Waals surface area contributed by atoms with E-state index in [1.54, 1.807) is 12.1 Å². The van der Waals surface area contributed by atoms with E-state index in [0.717, 1.165) is 60.7 Å². The van der Waals surface area contributed by atoms with Crippen molar-refractivity contribution >= 4 is 49.3 Å². The smallest absolute Gasteiger partial charge is 0.197 e. The third kappa shape index (κ3) is 5.29. The van der Waals surface area contributed by atoms with Gasteiger partial charge < -0.3 is 9.13 Å². The molecule has 0 aliphatic heterocycles. The van der Waals surface area contributed by atoms with Crippen LogP contribution >= 0.6 is 0 Å². The topological polar surface area (TPSA) is 65.8 Å². The Kier molecular flexibility index (Phi) is 7.75. The van der Waals surface area contributed by atoms with Gasteiger partial charge in [-0.1, -0.05) is 50.7 Å². The zero-order chi connectivity index (χ0) is 35.5. The minimum Gasteiger partial charge on any atom is -0.307 e. The Morgan fingerprint density at radius 3 is 1.55 bits per heavy atom. The first-order chi connectivity index (χ1) is 26.2. The molecule has 2 aromatic carbocycles. The number of aromatic nitrogens is 6. The summed E-state index contributed by atoms with van der Waals surface area (Å²) in [6.45, 7) is 8.17. The summed E-state index contributed by atoms with van der Waals surface area (Å²) in [5.41, 5.74) is 8.84. The van der Waals surface area contributed by atoms with Gasteiger partial charge in [-0.05, 0) is 79.8 Å². The van der Waals surface area contributed by atoms with Crippen LogP contribution in [0.5, 0.6) is 0 Å². The number of hydrogen-bond acceptors (Lipinski definition) is 4. The summed E-state index contributed by atoms with van der Waals surface area (Å²) in [5, 5.41) is 4.42. The van der Waals surface area contributed by atoms with Crippen molar-refractivity contribution < 1.29 is 4.39 Å². The minimum atomic E-state index is -0.397. The predicted molar refractivity (Wildman–Crippen MR) is 210 cm³/mol. The van der Waals surface area contributed by atoms with Gasteiger partial charge in [0.2, 0.25) is 0 Å². The molecule has 0 N–H and O–H groups in total. The largest absolute Gasteiger partial charge is 0.307 e. The normalized spacial score (nSPS) is 15.8. The van der Waals surface area contributed by atoms with Gasteiger partial charge in [0.25, 0.3) is 0 Å². The highest BCUT2D eigenvalue weighted by Crippen LogP contribution is 2.41. The number of benzene rings is 2. The van der Waals surface area contributed by atoms with Crippen molar-refractivity contribution in [2.24, 2.45) is 0 Å². The SMILES string of the molecule is [C-]#[N+]c1cc(-n2c3cnccc3c3cc(C4CCCCC4)ncc32)ccc1-c1ccc(-n2c3cnccc3c3cc(C4CCCCC4)ncc32)cc1F. The van der Waals surface area contributed by atoms with E-state index in [2.05, 4.69) is 37.6 Å². The zero-order valence-corrected chi connectivity index (χ0v) is 29.5. The van der Waals surface area contributed by atoms with Crippen LogP contribution < -0.4 is 0 Å². The van der Waals surface area contributed by atoms with Gasteiger partial charge in [0, 0.05) is 74.1 Å². The Morgan fingerprint density at radius 1 is 0.547 bits per heavy atom. The molecule has 2 aliphatic carbocycles. The summed E-state index contributed by atoms with van der Waals surface area (Å²) in [7, 11) is 0. The highest BCUT2D eigenvalue weighted by atomic mass is 19.1. The molecule has 2 saturated carbocycles. The van der Waals surface area contributed by atoms with Crippen molar-refractivity contribution in [2.75, 3.05) is 0 Å². The molecule has 0 unspecified atom stereocenters. The van der Waals surface area contributed by atoms with Gasteiger partial charge in [-0.3, -0.25) is 19.9 Å². The molecule has 2 aliphatic rings. The molecule has 6 aromatic heterocycles. The fourth-order valence-electron chi connectivity index (χ4n) is 9.20. The molecule has 8 heteroatoms. The quantitative estimate of drug-likeness (QED) is 0.168. The van der Waals surface area contributed by atoms with Crippen LogP contribution in [-0.4, -0.2) is 29.1 Å². The molecule has 0 bridgehead atoms. The maximum atomic E-state index is 16.4. The molecular weight excluding hydrogens is 658 g/mol. The van der Waals surface area contributed by atoms with Crippen LogP contribution in [0.1, 0.15) is 87.4 Å². The Bertz CT molecular complexity index is 2740. The monoisotopic (exact) mass is 695 g/mol. The summed E-state index contributed by atoms with van der Waals surface area (Å²) < 4.78 is 20.5. The average molecular weight is 696 g/mol. The highest BCUT2D eigenvalue weighted by molar-refractivity contribution is 6.10. The van der Waals surface area contributed by atoms with Crippen LogP contribution in [0.25, 0.3) is 71.0 Å². The number of nitrogens with zero attached hydrogens (tertiary/aromatic N) is 7. The Balaban J connectivity index is 1.04. The van der Waals surface area contributed by atoms with Crippen LogP contribution in [0, 0.1) is 12.4 Å². The summed E-state index contributed by atoms with van der Waals surface area (Å²) in [6.07, 6.45) is 23.6. The van der Waals surface area contributed by atoms with Gasteiger partial charge in [0.1, 0.15) is 5.82 Å². The van der Waals surface area contributed by atoms with Crippen molar-refractivity contribution in [2.45, 2.75) is 76.0 Å². The van der Waals surface area contributed by atoms with Crippen molar-refractivity contribution in [1.82, 2.24) is 29.1 Å². The van der Waals surface area contributed by atoms with Crippen LogP contribution in [-0.2, 0) is 0 Å². The number of halogens is 1. The number of fused-ring (bicyclic) bond motifs is 6. The van der Waals surface area contributed by atoms with E-state index < -0.39 is 5.82 Å². The Morgan fingerprint density at radius 2 is 1.04 bits per heavy atom. The molecule has 2 fully saturated rings. The van der Waals surface area contributed by atoms with Crippen molar-refractivity contribution in [3.63, 3.8) is 0 Å². The lowest BCUT2D eigenvalue weighted by molar-refractivity contribution is 0.437. The second kappa shape index (κ2) is 12.9. The molecule has 10 rings (SSSR count). The molecule has 0 saturated heterocycles. The summed E-state index contributed by atoms with van der Waals surface area (Å²) >= 11 is 0. The second-order valence-corrected chi connectivity index (χ2v) is 14.9. The minimum absolute atomic E-state index is 0.375. The molecule has 6 heterocycles. The fourth-order valence-corrected chi connectivity index (χ4v) is 9.20. The molecule has 0 radical (unpaired) electrons. The summed E-state index contributed by atoms with van der Waals surface area (Å²) in [5.74, 6) is 0.576. The lowest BCUT2D eigenvalue weighted by Gasteiger charge is -2.21. The third-order valence-electron chi connectivity index (χ3n) is 11.9. The van der Waals surface area contributed by atoms with E-state index >= 15 is 4.39 Å². The first kappa shape index (κ1) is 31.8. The Hall–Kier alpha value is -5.94. The number of rotatable bonds is 5. The first-order valence-corrected chi connectivity index (χ1v) is 19.0. The van der Waals surface area contributed by atoms with Gasteiger partial charge >= 0.3 is 0 Å². The molecular formula is C45H38FN7. The highest BCUT2D eigenvalue weighted by Gasteiger charge is 2.23. The van der Waals surface area contributed by atoms with Crippen LogP contribution in [0.15, 0.2) is 97.8 Å². The lowest BCUT2D eigenvalue weighted by atomic mass is 9.86. The lowest BCUT2D eigenvalue weighted by Crippen LogP contribution is -2.06.